The minimum absolute atomic E-state index is 0.597. The highest BCUT2D eigenvalue weighted by Crippen LogP contribution is 2.26. The fraction of sp³-hybridized carbons (Fsp3) is 0.583. The van der Waals surface area contributed by atoms with Gasteiger partial charge in [-0.05, 0) is 31.9 Å². The maximum Gasteiger partial charge on any atom is 0.0728 e. The number of thiol groups is 1. The van der Waals surface area contributed by atoms with E-state index in [1.807, 2.05) is 29.4 Å². The highest BCUT2D eigenvalue weighted by atomic mass is 32.1. The topological polar surface area (TPSA) is 36.4 Å². The molecule has 0 bridgehead atoms. The van der Waals surface area contributed by atoms with E-state index in [4.69, 9.17) is 0 Å². The van der Waals surface area contributed by atoms with Gasteiger partial charge in [-0.15, -0.1) is 0 Å². The van der Waals surface area contributed by atoms with E-state index in [-0.39, 0.29) is 0 Å². The molecule has 0 atom stereocenters. The lowest BCUT2D eigenvalue weighted by Gasteiger charge is -2.35. The van der Waals surface area contributed by atoms with Gasteiger partial charge in [0.25, 0.3) is 0 Å². The van der Waals surface area contributed by atoms with Crippen molar-refractivity contribution in [1.29, 1.82) is 0 Å². The highest BCUT2D eigenvalue weighted by Gasteiger charge is 2.31. The number of pyridine rings is 1. The van der Waals surface area contributed by atoms with Gasteiger partial charge in [0.05, 0.1) is 5.60 Å². The van der Waals surface area contributed by atoms with Gasteiger partial charge in [-0.1, -0.05) is 18.9 Å². The zero-order valence-electron chi connectivity index (χ0n) is 9.56. The molecule has 2 rings (SSSR count). The van der Waals surface area contributed by atoms with E-state index < -0.39 is 5.60 Å². The van der Waals surface area contributed by atoms with Crippen molar-refractivity contribution in [1.82, 2.24) is 9.29 Å². The average molecular weight is 238 g/mol. The molecule has 0 unspecified atom stereocenters. The van der Waals surface area contributed by atoms with E-state index >= 15 is 0 Å². The summed E-state index contributed by atoms with van der Waals surface area (Å²) < 4.78 is 1.96. The fourth-order valence-corrected chi connectivity index (χ4v) is 2.32. The molecule has 0 saturated carbocycles. The van der Waals surface area contributed by atoms with Crippen molar-refractivity contribution in [3.05, 3.63) is 29.6 Å². The quantitative estimate of drug-likeness (QED) is 0.768. The number of piperidine rings is 1. The first-order valence-corrected chi connectivity index (χ1v) is 6.06. The zero-order chi connectivity index (χ0) is 11.6. The first-order chi connectivity index (χ1) is 7.57. The Morgan fingerprint density at radius 3 is 2.75 bits per heavy atom. The summed E-state index contributed by atoms with van der Waals surface area (Å²) >= 11 is 4.29. The zero-order valence-corrected chi connectivity index (χ0v) is 10.5. The van der Waals surface area contributed by atoms with Crippen LogP contribution in [0.1, 0.15) is 24.2 Å². The maximum atomic E-state index is 10.4. The predicted molar refractivity (Wildman–Crippen MR) is 67.4 cm³/mol. The number of nitrogens with zero attached hydrogens (tertiary/aromatic N) is 2. The molecule has 1 aliphatic rings. The second kappa shape index (κ2) is 4.73. The molecule has 3 nitrogen and oxygen atoms in total. The van der Waals surface area contributed by atoms with E-state index in [1.54, 1.807) is 0 Å². The summed E-state index contributed by atoms with van der Waals surface area (Å²) in [6.07, 6.45) is 2.19. The Hall–Kier alpha value is -0.580. The summed E-state index contributed by atoms with van der Waals surface area (Å²) in [5.74, 6) is 0. The van der Waals surface area contributed by atoms with Gasteiger partial charge in [-0.2, -0.15) is 0 Å². The standard InChI is InChI=1S/C12H18N2OS/c1-10-3-2-4-11(13-10)9-12(15)5-7-14(16)8-6-12/h2-4,15-16H,5-9H2,1H3. The van der Waals surface area contributed by atoms with Gasteiger partial charge in [-0.25, -0.2) is 0 Å². The van der Waals surface area contributed by atoms with Crippen molar-refractivity contribution in [3.63, 3.8) is 0 Å². The SMILES string of the molecule is Cc1cccc(CC2(O)CCN(S)CC2)n1. The van der Waals surface area contributed by atoms with Crippen LogP contribution >= 0.6 is 12.8 Å². The second-order valence-corrected chi connectivity index (χ2v) is 5.19. The van der Waals surface area contributed by atoms with E-state index in [1.165, 1.54) is 0 Å². The molecular weight excluding hydrogens is 220 g/mol. The van der Waals surface area contributed by atoms with E-state index in [0.29, 0.717) is 6.42 Å². The molecule has 0 amide bonds. The Kier molecular flexibility index (Phi) is 3.52. The number of hydrogen-bond acceptors (Lipinski definition) is 4. The molecular formula is C12H18N2OS. The lowest BCUT2D eigenvalue weighted by atomic mass is 9.87. The monoisotopic (exact) mass is 238 g/mol. The fourth-order valence-electron chi connectivity index (χ4n) is 2.12. The van der Waals surface area contributed by atoms with E-state index in [9.17, 15) is 5.11 Å². The maximum absolute atomic E-state index is 10.4. The van der Waals surface area contributed by atoms with Gasteiger partial charge in [0.1, 0.15) is 0 Å². The first-order valence-electron chi connectivity index (χ1n) is 5.66. The van der Waals surface area contributed by atoms with Gasteiger partial charge in [0.15, 0.2) is 0 Å². The Morgan fingerprint density at radius 2 is 2.12 bits per heavy atom. The smallest absolute Gasteiger partial charge is 0.0728 e. The van der Waals surface area contributed by atoms with Crippen molar-refractivity contribution >= 4 is 12.8 Å². The number of aryl methyl sites for hydroxylation is 1. The molecule has 16 heavy (non-hydrogen) atoms. The van der Waals surface area contributed by atoms with Crippen LogP contribution in [0.25, 0.3) is 0 Å². The van der Waals surface area contributed by atoms with Gasteiger partial charge in [0, 0.05) is 30.9 Å². The Balaban J connectivity index is 2.03. The van der Waals surface area contributed by atoms with Crippen molar-refractivity contribution in [2.45, 2.75) is 31.8 Å². The molecule has 0 spiro atoms. The Bertz CT molecular complexity index is 362. The number of rotatable bonds is 2. The van der Waals surface area contributed by atoms with Gasteiger partial charge < -0.3 is 5.11 Å². The molecule has 1 N–H and O–H groups in total. The van der Waals surface area contributed by atoms with Crippen LogP contribution in [0.3, 0.4) is 0 Å². The molecule has 2 heterocycles. The highest BCUT2D eigenvalue weighted by molar-refractivity contribution is 7.77. The molecule has 88 valence electrons. The van der Waals surface area contributed by atoms with Crippen LogP contribution < -0.4 is 0 Å². The van der Waals surface area contributed by atoms with E-state index in [2.05, 4.69) is 17.8 Å². The molecule has 1 aliphatic heterocycles. The van der Waals surface area contributed by atoms with Gasteiger partial charge >= 0.3 is 0 Å². The van der Waals surface area contributed by atoms with Crippen molar-refractivity contribution < 1.29 is 5.11 Å². The molecule has 0 aromatic carbocycles. The lowest BCUT2D eigenvalue weighted by molar-refractivity contribution is -0.00330. The van der Waals surface area contributed by atoms with Crippen molar-refractivity contribution in [2.24, 2.45) is 0 Å². The van der Waals surface area contributed by atoms with Crippen molar-refractivity contribution in [2.75, 3.05) is 13.1 Å². The number of aromatic nitrogens is 1. The summed E-state index contributed by atoms with van der Waals surface area (Å²) in [6.45, 7) is 3.65. The molecule has 4 heteroatoms. The van der Waals surface area contributed by atoms with E-state index in [0.717, 1.165) is 37.3 Å². The molecule has 0 aliphatic carbocycles. The molecule has 1 aromatic rings. The third-order valence-corrected chi connectivity index (χ3v) is 3.53. The third-order valence-electron chi connectivity index (χ3n) is 3.13. The van der Waals surface area contributed by atoms with Crippen LogP contribution in [0.5, 0.6) is 0 Å². The summed E-state index contributed by atoms with van der Waals surface area (Å²) in [5, 5.41) is 10.4. The summed E-state index contributed by atoms with van der Waals surface area (Å²) in [4.78, 5) is 4.44. The lowest BCUT2D eigenvalue weighted by Crippen LogP contribution is -2.42. The molecule has 1 fully saturated rings. The minimum Gasteiger partial charge on any atom is -0.389 e. The number of aliphatic hydroxyl groups is 1. The first kappa shape index (κ1) is 11.9. The van der Waals surface area contributed by atoms with Gasteiger partial charge in [-0.3, -0.25) is 9.29 Å². The van der Waals surface area contributed by atoms with Crippen LogP contribution in [-0.2, 0) is 6.42 Å². The normalized spacial score (nSPS) is 20.9. The summed E-state index contributed by atoms with van der Waals surface area (Å²) in [5.41, 5.74) is 1.39. The Morgan fingerprint density at radius 1 is 1.44 bits per heavy atom. The Labute approximate surface area is 102 Å². The van der Waals surface area contributed by atoms with Crippen LogP contribution in [0.15, 0.2) is 18.2 Å². The van der Waals surface area contributed by atoms with Crippen LogP contribution in [0.4, 0.5) is 0 Å². The average Bonchev–Trinajstić information content (AvgIpc) is 2.23. The minimum atomic E-state index is -0.597. The molecule has 1 saturated heterocycles. The molecule has 1 aromatic heterocycles. The number of hydrogen-bond donors (Lipinski definition) is 2. The second-order valence-electron chi connectivity index (χ2n) is 4.63. The van der Waals surface area contributed by atoms with Crippen LogP contribution in [0, 0.1) is 6.92 Å². The third kappa shape index (κ3) is 2.97. The van der Waals surface area contributed by atoms with Crippen LogP contribution in [0.2, 0.25) is 0 Å². The molecule has 0 radical (unpaired) electrons. The van der Waals surface area contributed by atoms with Crippen molar-refractivity contribution in [3.8, 4) is 0 Å². The summed E-state index contributed by atoms with van der Waals surface area (Å²) in [7, 11) is 0. The van der Waals surface area contributed by atoms with Gasteiger partial charge in [0.2, 0.25) is 0 Å². The largest absolute Gasteiger partial charge is 0.389 e. The predicted octanol–water partition coefficient (Wildman–Crippen LogP) is 1.60. The summed E-state index contributed by atoms with van der Waals surface area (Å²) in [6, 6.07) is 5.96. The van der Waals surface area contributed by atoms with Crippen LogP contribution in [-0.4, -0.2) is 33.1 Å².